The van der Waals surface area contributed by atoms with Gasteiger partial charge in [0.2, 0.25) is 5.91 Å². The highest BCUT2D eigenvalue weighted by molar-refractivity contribution is 9.10. The third kappa shape index (κ3) is 4.95. The van der Waals surface area contributed by atoms with E-state index in [4.69, 9.17) is 4.74 Å². The minimum absolute atomic E-state index is 0.0844. The molecule has 0 aliphatic carbocycles. The predicted octanol–water partition coefficient (Wildman–Crippen LogP) is 3.29. The van der Waals surface area contributed by atoms with E-state index >= 15 is 0 Å². The lowest BCUT2D eigenvalue weighted by Crippen LogP contribution is -2.28. The van der Waals surface area contributed by atoms with Crippen LogP contribution >= 0.6 is 15.9 Å². The Labute approximate surface area is 165 Å². The number of nitrogens with one attached hydrogen (secondary N) is 1. The second-order valence-electron chi connectivity index (χ2n) is 6.41. The zero-order chi connectivity index (χ0) is 19.4. The Balaban J connectivity index is 1.52. The van der Waals surface area contributed by atoms with Crippen molar-refractivity contribution in [1.82, 2.24) is 0 Å². The number of amides is 2. The van der Waals surface area contributed by atoms with Crippen LogP contribution in [0.3, 0.4) is 0 Å². The number of carbonyl (C=O) groups excluding carboxylic acids is 3. The Hall–Kier alpha value is -2.67. The second kappa shape index (κ2) is 8.35. The molecule has 2 amide bonds. The Bertz CT molecular complexity index is 867. The first kappa shape index (κ1) is 19.1. The molecule has 1 saturated heterocycles. The van der Waals surface area contributed by atoms with Gasteiger partial charge >= 0.3 is 5.97 Å². The number of halogens is 1. The van der Waals surface area contributed by atoms with E-state index in [1.807, 2.05) is 31.2 Å². The van der Waals surface area contributed by atoms with E-state index in [1.54, 1.807) is 29.2 Å². The summed E-state index contributed by atoms with van der Waals surface area (Å²) < 4.78 is 6.00. The average Bonchev–Trinajstić information content (AvgIpc) is 3.03. The highest BCUT2D eigenvalue weighted by atomic mass is 79.9. The molecule has 3 rings (SSSR count). The molecule has 2 aromatic carbocycles. The molecule has 27 heavy (non-hydrogen) atoms. The van der Waals surface area contributed by atoms with Gasteiger partial charge in [-0.3, -0.25) is 14.4 Å². The molecular formula is C20H19BrN2O4. The van der Waals surface area contributed by atoms with Crippen LogP contribution in [0.15, 0.2) is 53.0 Å². The van der Waals surface area contributed by atoms with Gasteiger partial charge in [0.1, 0.15) is 0 Å². The number of nitrogens with zero attached hydrogens (tertiary/aromatic N) is 1. The van der Waals surface area contributed by atoms with E-state index in [9.17, 15) is 14.4 Å². The van der Waals surface area contributed by atoms with Crippen molar-refractivity contribution in [3.05, 3.63) is 58.6 Å². The monoisotopic (exact) mass is 430 g/mol. The van der Waals surface area contributed by atoms with Crippen molar-refractivity contribution >= 4 is 45.1 Å². The minimum Gasteiger partial charge on any atom is -0.455 e. The lowest BCUT2D eigenvalue weighted by Gasteiger charge is -2.17. The molecule has 0 spiro atoms. The standard InChI is InChI=1S/C20H19BrN2O4/c1-13-3-2-4-17(9-13)23-11-14(10-19(23)25)20(26)27-12-18(24)22-16-7-5-15(21)6-8-16/h2-9,14H,10-12H2,1H3,(H,22,24)/t14-/m1/s1. The molecule has 1 N–H and O–H groups in total. The minimum atomic E-state index is -0.571. The number of hydrogen-bond donors (Lipinski definition) is 1. The number of carbonyl (C=O) groups is 3. The fourth-order valence-corrected chi connectivity index (χ4v) is 3.16. The van der Waals surface area contributed by atoms with Crippen LogP contribution in [0.25, 0.3) is 0 Å². The number of ether oxygens (including phenoxy) is 1. The summed E-state index contributed by atoms with van der Waals surface area (Å²) in [4.78, 5) is 38.0. The topological polar surface area (TPSA) is 75.7 Å². The van der Waals surface area contributed by atoms with Crippen molar-refractivity contribution in [3.63, 3.8) is 0 Å². The number of anilines is 2. The van der Waals surface area contributed by atoms with Crippen LogP contribution < -0.4 is 10.2 Å². The fourth-order valence-electron chi connectivity index (χ4n) is 2.90. The Morgan fingerprint density at radius 2 is 1.96 bits per heavy atom. The van der Waals surface area contributed by atoms with Gasteiger partial charge in [-0.05, 0) is 48.9 Å². The van der Waals surface area contributed by atoms with E-state index in [0.29, 0.717) is 5.69 Å². The summed E-state index contributed by atoms with van der Waals surface area (Å²) in [5.41, 5.74) is 2.42. The number of aryl methyl sites for hydroxylation is 1. The summed E-state index contributed by atoms with van der Waals surface area (Å²) in [5.74, 6) is -1.66. The maximum atomic E-state index is 12.2. The molecule has 2 aromatic rings. The number of hydrogen-bond acceptors (Lipinski definition) is 4. The molecule has 0 bridgehead atoms. The fraction of sp³-hybridized carbons (Fsp3) is 0.250. The van der Waals surface area contributed by atoms with Crippen molar-refractivity contribution < 1.29 is 19.1 Å². The van der Waals surface area contributed by atoms with Gasteiger partial charge in [-0.1, -0.05) is 28.1 Å². The van der Waals surface area contributed by atoms with Crippen molar-refractivity contribution in [1.29, 1.82) is 0 Å². The smallest absolute Gasteiger partial charge is 0.311 e. The summed E-state index contributed by atoms with van der Waals surface area (Å²) in [6.45, 7) is 1.82. The highest BCUT2D eigenvalue weighted by Gasteiger charge is 2.36. The Morgan fingerprint density at radius 1 is 1.22 bits per heavy atom. The van der Waals surface area contributed by atoms with Gasteiger partial charge in [0.05, 0.1) is 5.92 Å². The quantitative estimate of drug-likeness (QED) is 0.738. The van der Waals surface area contributed by atoms with E-state index in [-0.39, 0.29) is 25.5 Å². The average molecular weight is 431 g/mol. The second-order valence-corrected chi connectivity index (χ2v) is 7.32. The van der Waals surface area contributed by atoms with Crippen LogP contribution in [-0.2, 0) is 19.1 Å². The van der Waals surface area contributed by atoms with Crippen LogP contribution in [0.5, 0.6) is 0 Å². The summed E-state index contributed by atoms with van der Waals surface area (Å²) in [5, 5.41) is 2.65. The summed E-state index contributed by atoms with van der Waals surface area (Å²) >= 11 is 3.32. The molecule has 7 heteroatoms. The SMILES string of the molecule is Cc1cccc(N2C[C@H](C(=O)OCC(=O)Nc3ccc(Br)cc3)CC2=O)c1. The summed E-state index contributed by atoms with van der Waals surface area (Å²) in [6, 6.07) is 14.6. The molecule has 1 heterocycles. The predicted molar refractivity (Wildman–Crippen MR) is 105 cm³/mol. The van der Waals surface area contributed by atoms with E-state index in [1.165, 1.54) is 0 Å². The van der Waals surface area contributed by atoms with Crippen molar-refractivity contribution in [2.24, 2.45) is 5.92 Å². The van der Waals surface area contributed by atoms with Gasteiger partial charge < -0.3 is 15.0 Å². The molecule has 0 saturated carbocycles. The lowest BCUT2D eigenvalue weighted by molar-refractivity contribution is -0.151. The molecule has 6 nitrogen and oxygen atoms in total. The largest absolute Gasteiger partial charge is 0.455 e. The van der Waals surface area contributed by atoms with Crippen LogP contribution in [0.2, 0.25) is 0 Å². The molecule has 0 unspecified atom stereocenters. The molecule has 1 atom stereocenters. The Morgan fingerprint density at radius 3 is 2.67 bits per heavy atom. The number of benzene rings is 2. The Kier molecular flexibility index (Phi) is 5.91. The van der Waals surface area contributed by atoms with Crippen LogP contribution in [0.4, 0.5) is 11.4 Å². The first-order chi connectivity index (χ1) is 12.9. The van der Waals surface area contributed by atoms with Crippen molar-refractivity contribution in [2.45, 2.75) is 13.3 Å². The third-order valence-corrected chi connectivity index (χ3v) is 4.77. The zero-order valence-electron chi connectivity index (χ0n) is 14.8. The van der Waals surface area contributed by atoms with Crippen LogP contribution in [0, 0.1) is 12.8 Å². The van der Waals surface area contributed by atoms with Gasteiger partial charge in [-0.25, -0.2) is 0 Å². The highest BCUT2D eigenvalue weighted by Crippen LogP contribution is 2.26. The molecule has 1 fully saturated rings. The molecule has 1 aliphatic rings. The van der Waals surface area contributed by atoms with E-state index in [0.717, 1.165) is 15.7 Å². The van der Waals surface area contributed by atoms with Crippen LogP contribution in [-0.4, -0.2) is 30.9 Å². The van der Waals surface area contributed by atoms with E-state index in [2.05, 4.69) is 21.2 Å². The van der Waals surface area contributed by atoms with Gasteiger partial charge in [-0.2, -0.15) is 0 Å². The molecule has 1 aliphatic heterocycles. The lowest BCUT2D eigenvalue weighted by atomic mass is 10.1. The first-order valence-electron chi connectivity index (χ1n) is 8.51. The van der Waals surface area contributed by atoms with Crippen LogP contribution in [0.1, 0.15) is 12.0 Å². The molecular weight excluding hydrogens is 412 g/mol. The van der Waals surface area contributed by atoms with Gasteiger partial charge in [0.25, 0.3) is 5.91 Å². The summed E-state index contributed by atoms with van der Waals surface area (Å²) in [7, 11) is 0. The van der Waals surface area contributed by atoms with Gasteiger partial charge in [0.15, 0.2) is 6.61 Å². The third-order valence-electron chi connectivity index (χ3n) is 4.25. The maximum absolute atomic E-state index is 12.2. The van der Waals surface area contributed by atoms with Crippen molar-refractivity contribution in [2.75, 3.05) is 23.4 Å². The van der Waals surface area contributed by atoms with Crippen molar-refractivity contribution in [3.8, 4) is 0 Å². The molecule has 140 valence electrons. The first-order valence-corrected chi connectivity index (χ1v) is 9.31. The maximum Gasteiger partial charge on any atom is 0.311 e. The number of rotatable bonds is 5. The summed E-state index contributed by atoms with van der Waals surface area (Å²) in [6.07, 6.45) is 0.0844. The van der Waals surface area contributed by atoms with E-state index < -0.39 is 17.8 Å². The molecule has 0 aromatic heterocycles. The number of esters is 1. The molecule has 0 radical (unpaired) electrons. The zero-order valence-corrected chi connectivity index (χ0v) is 16.4. The van der Waals surface area contributed by atoms with Gasteiger partial charge in [-0.15, -0.1) is 0 Å². The van der Waals surface area contributed by atoms with Gasteiger partial charge in [0, 0.05) is 28.8 Å². The normalized spacial score (nSPS) is 16.3.